The number of methoxy groups -OCH3 is 2. The van der Waals surface area contributed by atoms with Gasteiger partial charge in [-0.15, -0.1) is 0 Å². The van der Waals surface area contributed by atoms with Gasteiger partial charge in [0.15, 0.2) is 23.0 Å². The van der Waals surface area contributed by atoms with Gasteiger partial charge < -0.3 is 28.5 Å². The summed E-state index contributed by atoms with van der Waals surface area (Å²) in [4.78, 5) is 32.4. The molecule has 11 nitrogen and oxygen atoms in total. The van der Waals surface area contributed by atoms with Crippen molar-refractivity contribution in [3.63, 3.8) is 0 Å². The molecular weight excluding hydrogens is 408 g/mol. The Balaban J connectivity index is 1.50. The van der Waals surface area contributed by atoms with Crippen LogP contribution in [-0.2, 0) is 6.54 Å². The average molecular weight is 424 g/mol. The second-order valence-electron chi connectivity index (χ2n) is 6.65. The van der Waals surface area contributed by atoms with E-state index in [9.17, 15) is 9.59 Å². The van der Waals surface area contributed by atoms with Crippen molar-refractivity contribution < 1.29 is 23.5 Å². The molecule has 0 saturated heterocycles. The van der Waals surface area contributed by atoms with Crippen LogP contribution in [0, 0.1) is 0 Å². The molecule has 0 spiro atoms. The molecule has 158 valence electrons. The molecular formula is C20H16N4O7. The third-order valence-corrected chi connectivity index (χ3v) is 4.88. The number of ether oxygens (including phenoxy) is 4. The second-order valence-corrected chi connectivity index (χ2v) is 6.65. The average Bonchev–Trinajstić information content (AvgIpc) is 3.44. The Kier molecular flexibility index (Phi) is 4.35. The molecule has 1 aliphatic heterocycles. The number of aromatic amines is 1. The standard InChI is InChI=1S/C20H16N4O7/c1-27-13-4-3-10(5-14(13)28-2)18-22-17(31-23-18)8-24-19(25)11-6-15-16(30-9-29-15)7-12(11)21-20(24)26/h3-7H,8-9H2,1-2H3,(H,21,26). The molecule has 0 radical (unpaired) electrons. The summed E-state index contributed by atoms with van der Waals surface area (Å²) < 4.78 is 27.3. The van der Waals surface area contributed by atoms with E-state index in [2.05, 4.69) is 15.1 Å². The molecule has 0 amide bonds. The molecule has 0 unspecified atom stereocenters. The van der Waals surface area contributed by atoms with Gasteiger partial charge in [0.05, 0.1) is 25.1 Å². The lowest BCUT2D eigenvalue weighted by Crippen LogP contribution is -2.35. The maximum absolute atomic E-state index is 12.9. The van der Waals surface area contributed by atoms with Crippen LogP contribution >= 0.6 is 0 Å². The largest absolute Gasteiger partial charge is 0.493 e. The molecule has 1 aliphatic rings. The van der Waals surface area contributed by atoms with Gasteiger partial charge in [0, 0.05) is 11.6 Å². The molecule has 3 heterocycles. The summed E-state index contributed by atoms with van der Waals surface area (Å²) in [6, 6.07) is 8.26. The number of rotatable bonds is 5. The Morgan fingerprint density at radius 3 is 2.61 bits per heavy atom. The maximum Gasteiger partial charge on any atom is 0.329 e. The second kappa shape index (κ2) is 7.20. The van der Waals surface area contributed by atoms with E-state index in [0.29, 0.717) is 34.1 Å². The van der Waals surface area contributed by atoms with Gasteiger partial charge in [-0.05, 0) is 24.3 Å². The van der Waals surface area contributed by atoms with Gasteiger partial charge in [-0.2, -0.15) is 4.98 Å². The van der Waals surface area contributed by atoms with E-state index < -0.39 is 11.2 Å². The highest BCUT2D eigenvalue weighted by Gasteiger charge is 2.19. The predicted octanol–water partition coefficient (Wildman–Crippen LogP) is 1.53. The maximum atomic E-state index is 12.9. The Bertz CT molecular complexity index is 1420. The van der Waals surface area contributed by atoms with Crippen molar-refractivity contribution in [1.29, 1.82) is 0 Å². The summed E-state index contributed by atoms with van der Waals surface area (Å²) in [5, 5.41) is 4.22. The number of hydrogen-bond donors (Lipinski definition) is 1. The van der Waals surface area contributed by atoms with E-state index in [0.717, 1.165) is 4.57 Å². The minimum absolute atomic E-state index is 0.0605. The quantitative estimate of drug-likeness (QED) is 0.507. The van der Waals surface area contributed by atoms with Gasteiger partial charge in [-0.25, -0.2) is 4.79 Å². The van der Waals surface area contributed by atoms with E-state index in [-0.39, 0.29) is 30.4 Å². The van der Waals surface area contributed by atoms with Crippen molar-refractivity contribution in [2.24, 2.45) is 0 Å². The van der Waals surface area contributed by atoms with Crippen LogP contribution in [0.25, 0.3) is 22.3 Å². The van der Waals surface area contributed by atoms with Crippen LogP contribution in [0.5, 0.6) is 23.0 Å². The van der Waals surface area contributed by atoms with Crippen LogP contribution < -0.4 is 30.2 Å². The summed E-state index contributed by atoms with van der Waals surface area (Å²) in [5.41, 5.74) is -0.141. The van der Waals surface area contributed by atoms with E-state index in [4.69, 9.17) is 23.5 Å². The first-order valence-electron chi connectivity index (χ1n) is 9.19. The Morgan fingerprint density at radius 1 is 1.06 bits per heavy atom. The highest BCUT2D eigenvalue weighted by Crippen LogP contribution is 2.34. The molecule has 5 rings (SSSR count). The van der Waals surface area contributed by atoms with Crippen molar-refractivity contribution in [1.82, 2.24) is 19.7 Å². The summed E-state index contributed by atoms with van der Waals surface area (Å²) in [7, 11) is 3.06. The molecule has 0 bridgehead atoms. The van der Waals surface area contributed by atoms with Crippen LogP contribution in [-0.4, -0.2) is 40.7 Å². The fourth-order valence-corrected chi connectivity index (χ4v) is 3.33. The zero-order chi connectivity index (χ0) is 21.5. The van der Waals surface area contributed by atoms with Gasteiger partial charge in [0.25, 0.3) is 5.56 Å². The SMILES string of the molecule is COc1ccc(-c2noc(Cn3c(=O)[nH]c4cc5c(cc4c3=O)OCO5)n2)cc1OC. The van der Waals surface area contributed by atoms with E-state index in [1.54, 1.807) is 24.3 Å². The first kappa shape index (κ1) is 18.7. The van der Waals surface area contributed by atoms with Crippen LogP contribution in [0.1, 0.15) is 5.89 Å². The Hall–Kier alpha value is -4.28. The number of H-pyrrole nitrogens is 1. The summed E-state index contributed by atoms with van der Waals surface area (Å²) in [6.45, 7) is -0.135. The number of nitrogens with one attached hydrogen (secondary N) is 1. The topological polar surface area (TPSA) is 131 Å². The monoisotopic (exact) mass is 424 g/mol. The molecule has 2 aromatic heterocycles. The lowest BCUT2D eigenvalue weighted by molar-refractivity contribution is 0.174. The Labute approximate surface area is 173 Å². The fourth-order valence-electron chi connectivity index (χ4n) is 3.33. The lowest BCUT2D eigenvalue weighted by Gasteiger charge is -2.07. The molecule has 0 saturated carbocycles. The molecule has 11 heteroatoms. The van der Waals surface area contributed by atoms with E-state index >= 15 is 0 Å². The van der Waals surface area contributed by atoms with Gasteiger partial charge in [0.1, 0.15) is 6.54 Å². The van der Waals surface area contributed by atoms with Crippen molar-refractivity contribution in [2.75, 3.05) is 21.0 Å². The number of nitrogens with zero attached hydrogens (tertiary/aromatic N) is 3. The van der Waals surface area contributed by atoms with Crippen LogP contribution in [0.2, 0.25) is 0 Å². The minimum atomic E-state index is -0.609. The van der Waals surface area contributed by atoms with Gasteiger partial charge in [-0.3, -0.25) is 9.36 Å². The third kappa shape index (κ3) is 3.16. The number of fused-ring (bicyclic) bond motifs is 2. The first-order chi connectivity index (χ1) is 15.1. The predicted molar refractivity (Wildman–Crippen MR) is 107 cm³/mol. The van der Waals surface area contributed by atoms with Crippen molar-refractivity contribution >= 4 is 10.9 Å². The van der Waals surface area contributed by atoms with Gasteiger partial charge in [-0.1, -0.05) is 5.16 Å². The molecule has 0 aliphatic carbocycles. The molecule has 31 heavy (non-hydrogen) atoms. The third-order valence-electron chi connectivity index (χ3n) is 4.88. The van der Waals surface area contributed by atoms with Crippen LogP contribution in [0.15, 0.2) is 44.4 Å². The van der Waals surface area contributed by atoms with Crippen LogP contribution in [0.3, 0.4) is 0 Å². The van der Waals surface area contributed by atoms with Crippen LogP contribution in [0.4, 0.5) is 0 Å². The molecule has 4 aromatic rings. The van der Waals surface area contributed by atoms with Gasteiger partial charge >= 0.3 is 5.69 Å². The van der Waals surface area contributed by atoms with Crippen molar-refractivity contribution in [2.45, 2.75) is 6.54 Å². The first-order valence-corrected chi connectivity index (χ1v) is 9.19. The smallest absolute Gasteiger partial charge is 0.329 e. The fraction of sp³-hybridized carbons (Fsp3) is 0.200. The molecule has 0 fully saturated rings. The zero-order valence-corrected chi connectivity index (χ0v) is 16.5. The number of hydrogen-bond acceptors (Lipinski definition) is 9. The summed E-state index contributed by atoms with van der Waals surface area (Å²) in [6.07, 6.45) is 0. The summed E-state index contributed by atoms with van der Waals surface area (Å²) >= 11 is 0. The lowest BCUT2D eigenvalue weighted by atomic mass is 10.2. The normalized spacial score (nSPS) is 12.3. The zero-order valence-electron chi connectivity index (χ0n) is 16.5. The highest BCUT2D eigenvalue weighted by atomic mass is 16.7. The van der Waals surface area contributed by atoms with Crippen molar-refractivity contribution in [3.8, 4) is 34.4 Å². The summed E-state index contributed by atoms with van der Waals surface area (Å²) in [5.74, 6) is 2.35. The minimum Gasteiger partial charge on any atom is -0.493 e. The van der Waals surface area contributed by atoms with E-state index in [1.165, 1.54) is 20.3 Å². The van der Waals surface area contributed by atoms with Crippen molar-refractivity contribution in [3.05, 3.63) is 57.1 Å². The molecule has 2 aromatic carbocycles. The number of benzene rings is 2. The highest BCUT2D eigenvalue weighted by molar-refractivity contribution is 5.81. The Morgan fingerprint density at radius 2 is 1.84 bits per heavy atom. The van der Waals surface area contributed by atoms with Gasteiger partial charge in [0.2, 0.25) is 18.5 Å². The number of aromatic nitrogens is 4. The molecule has 1 N–H and O–H groups in total. The van der Waals surface area contributed by atoms with E-state index in [1.807, 2.05) is 0 Å². The molecule has 0 atom stereocenters.